The molecule has 1 aromatic heterocycles. The summed E-state index contributed by atoms with van der Waals surface area (Å²) in [4.78, 5) is 27.1. The molecule has 0 saturated heterocycles. The van der Waals surface area contributed by atoms with Gasteiger partial charge in [-0.2, -0.15) is 0 Å². The van der Waals surface area contributed by atoms with Gasteiger partial charge in [0.1, 0.15) is 0 Å². The number of nitrogens with zero attached hydrogens (tertiary/aromatic N) is 1. The highest BCUT2D eigenvalue weighted by Gasteiger charge is 2.25. The molecule has 0 radical (unpaired) electrons. The molecule has 3 aromatic carbocycles. The van der Waals surface area contributed by atoms with E-state index >= 15 is 0 Å². The van der Waals surface area contributed by atoms with Crippen molar-refractivity contribution in [1.82, 2.24) is 9.88 Å². The Morgan fingerprint density at radius 3 is 2.16 bits per heavy atom. The Hall–Kier alpha value is -3.37. The molecule has 1 amide bonds. The number of rotatable bonds is 5. The van der Waals surface area contributed by atoms with Crippen molar-refractivity contribution in [2.24, 2.45) is 5.92 Å². The van der Waals surface area contributed by atoms with E-state index in [4.69, 9.17) is 11.6 Å². The van der Waals surface area contributed by atoms with Crippen LogP contribution in [-0.2, 0) is 0 Å². The van der Waals surface area contributed by atoms with Gasteiger partial charge in [0.05, 0.1) is 22.0 Å². The predicted molar refractivity (Wildman–Crippen MR) is 131 cm³/mol. The first-order valence-corrected chi connectivity index (χ1v) is 11.0. The van der Waals surface area contributed by atoms with Gasteiger partial charge in [-0.1, -0.05) is 86.1 Å². The minimum atomic E-state index is -0.241. The van der Waals surface area contributed by atoms with Crippen LogP contribution < -0.4 is 10.9 Å². The molecule has 4 nitrogen and oxygen atoms in total. The number of halogens is 1. The smallest absolute Gasteiger partial charge is 0.264 e. The van der Waals surface area contributed by atoms with Gasteiger partial charge in [0, 0.05) is 16.8 Å². The molecular weight excluding hydrogens is 420 g/mol. The van der Waals surface area contributed by atoms with Gasteiger partial charge in [-0.05, 0) is 36.6 Å². The third-order valence-corrected chi connectivity index (χ3v) is 6.07. The molecule has 1 atom stereocenters. The van der Waals surface area contributed by atoms with Crippen LogP contribution in [0.1, 0.15) is 41.5 Å². The zero-order valence-electron chi connectivity index (χ0n) is 18.3. The number of carbonyl (C=O) groups is 1. The maximum absolute atomic E-state index is 13.7. The fourth-order valence-corrected chi connectivity index (χ4v) is 4.46. The van der Waals surface area contributed by atoms with Crippen molar-refractivity contribution >= 4 is 28.3 Å². The molecule has 162 valence electrons. The SMILES string of the molecule is Cc1c(C(=O)N[C@H](c2ccccc2)C(C)C)c2cccc(Cl)c2c(=O)n1-c1ccccc1. The summed E-state index contributed by atoms with van der Waals surface area (Å²) in [5, 5.41) is 4.43. The van der Waals surface area contributed by atoms with Gasteiger partial charge in [-0.25, -0.2) is 0 Å². The number of aromatic nitrogens is 1. The highest BCUT2D eigenvalue weighted by Crippen LogP contribution is 2.28. The summed E-state index contributed by atoms with van der Waals surface area (Å²) in [6.07, 6.45) is 0. The molecule has 32 heavy (non-hydrogen) atoms. The van der Waals surface area contributed by atoms with Gasteiger partial charge in [0.15, 0.2) is 0 Å². The van der Waals surface area contributed by atoms with E-state index in [9.17, 15) is 9.59 Å². The van der Waals surface area contributed by atoms with E-state index in [1.54, 1.807) is 29.7 Å². The van der Waals surface area contributed by atoms with Crippen LogP contribution in [0, 0.1) is 12.8 Å². The van der Waals surface area contributed by atoms with Crippen molar-refractivity contribution < 1.29 is 4.79 Å². The summed E-state index contributed by atoms with van der Waals surface area (Å²) < 4.78 is 1.57. The van der Waals surface area contributed by atoms with Crippen LogP contribution in [-0.4, -0.2) is 10.5 Å². The minimum Gasteiger partial charge on any atom is -0.345 e. The van der Waals surface area contributed by atoms with Crippen molar-refractivity contribution in [2.75, 3.05) is 0 Å². The van der Waals surface area contributed by atoms with Gasteiger partial charge in [0.25, 0.3) is 11.5 Å². The standard InChI is InChI=1S/C27H25ClN2O2/c1-17(2)25(19-11-6-4-7-12-19)29-26(31)23-18(3)30(20-13-8-5-9-14-20)27(32)24-21(23)15-10-16-22(24)28/h4-17,25H,1-3H3,(H,29,31)/t25-/m0/s1. The monoisotopic (exact) mass is 444 g/mol. The number of nitrogens with one attached hydrogen (secondary N) is 1. The van der Waals surface area contributed by atoms with Crippen molar-refractivity contribution in [1.29, 1.82) is 0 Å². The second kappa shape index (κ2) is 9.01. The summed E-state index contributed by atoms with van der Waals surface area (Å²) in [6, 6.07) is 24.3. The van der Waals surface area contributed by atoms with Crippen LogP contribution in [0.5, 0.6) is 0 Å². The summed E-state index contributed by atoms with van der Waals surface area (Å²) in [5.41, 5.74) is 2.51. The maximum atomic E-state index is 13.7. The average Bonchev–Trinajstić information content (AvgIpc) is 2.78. The van der Waals surface area contributed by atoms with E-state index in [0.717, 1.165) is 5.56 Å². The lowest BCUT2D eigenvalue weighted by Gasteiger charge is -2.24. The van der Waals surface area contributed by atoms with E-state index < -0.39 is 0 Å². The Balaban J connectivity index is 1.93. The summed E-state index contributed by atoms with van der Waals surface area (Å²) in [7, 11) is 0. The molecule has 4 rings (SSSR count). The summed E-state index contributed by atoms with van der Waals surface area (Å²) in [5.74, 6) is -0.0569. The number of hydrogen-bond donors (Lipinski definition) is 1. The van der Waals surface area contributed by atoms with Crippen molar-refractivity contribution in [3.63, 3.8) is 0 Å². The second-order valence-corrected chi connectivity index (χ2v) is 8.61. The van der Waals surface area contributed by atoms with Crippen molar-refractivity contribution in [3.05, 3.63) is 111 Å². The fourth-order valence-electron chi connectivity index (χ4n) is 4.20. The lowest BCUT2D eigenvalue weighted by Crippen LogP contribution is -2.34. The van der Waals surface area contributed by atoms with Crippen molar-refractivity contribution in [3.8, 4) is 5.69 Å². The molecule has 4 aromatic rings. The maximum Gasteiger partial charge on any atom is 0.264 e. The Morgan fingerprint density at radius 2 is 1.53 bits per heavy atom. The Labute approximate surface area is 192 Å². The van der Waals surface area contributed by atoms with Gasteiger partial charge in [-0.15, -0.1) is 0 Å². The first kappa shape index (κ1) is 21.8. The number of para-hydroxylation sites is 1. The molecule has 0 aliphatic rings. The van der Waals surface area contributed by atoms with Gasteiger partial charge in [0.2, 0.25) is 0 Å². The number of pyridine rings is 1. The normalized spacial score (nSPS) is 12.2. The highest BCUT2D eigenvalue weighted by atomic mass is 35.5. The third-order valence-electron chi connectivity index (χ3n) is 5.75. The Bertz CT molecular complexity index is 1330. The molecule has 0 aliphatic carbocycles. The molecule has 1 N–H and O–H groups in total. The molecule has 5 heteroatoms. The predicted octanol–water partition coefficient (Wildman–Crippen LogP) is 6.08. The van der Waals surface area contributed by atoms with Crippen LogP contribution in [0.25, 0.3) is 16.5 Å². The largest absolute Gasteiger partial charge is 0.345 e. The molecule has 0 fully saturated rings. The van der Waals surface area contributed by atoms with E-state index in [1.807, 2.05) is 60.7 Å². The molecule has 0 bridgehead atoms. The number of benzene rings is 3. The first-order chi connectivity index (χ1) is 15.4. The fraction of sp³-hybridized carbons (Fsp3) is 0.185. The zero-order valence-corrected chi connectivity index (χ0v) is 19.1. The summed E-state index contributed by atoms with van der Waals surface area (Å²) in [6.45, 7) is 5.95. The van der Waals surface area contributed by atoms with E-state index in [2.05, 4.69) is 19.2 Å². The quantitative estimate of drug-likeness (QED) is 0.405. The lowest BCUT2D eigenvalue weighted by atomic mass is 9.95. The minimum absolute atomic E-state index is 0.172. The Kier molecular flexibility index (Phi) is 6.15. The van der Waals surface area contributed by atoms with Crippen molar-refractivity contribution in [2.45, 2.75) is 26.8 Å². The average molecular weight is 445 g/mol. The summed E-state index contributed by atoms with van der Waals surface area (Å²) >= 11 is 6.46. The molecular formula is C27H25ClN2O2. The third kappa shape index (κ3) is 3.94. The molecule has 0 saturated carbocycles. The van der Waals surface area contributed by atoms with Crippen LogP contribution in [0.15, 0.2) is 83.7 Å². The van der Waals surface area contributed by atoms with Gasteiger partial charge in [-0.3, -0.25) is 14.2 Å². The zero-order chi connectivity index (χ0) is 22.8. The number of amides is 1. The van der Waals surface area contributed by atoms with Crippen LogP contribution in [0.4, 0.5) is 0 Å². The molecule has 1 heterocycles. The Morgan fingerprint density at radius 1 is 0.906 bits per heavy atom. The van der Waals surface area contributed by atoms with Crippen LogP contribution in [0.2, 0.25) is 5.02 Å². The highest BCUT2D eigenvalue weighted by molar-refractivity contribution is 6.36. The van der Waals surface area contributed by atoms with Crippen LogP contribution in [0.3, 0.4) is 0 Å². The molecule has 0 spiro atoms. The first-order valence-electron chi connectivity index (χ1n) is 10.6. The topological polar surface area (TPSA) is 51.1 Å². The molecule has 0 aliphatic heterocycles. The van der Waals surface area contributed by atoms with E-state index in [-0.39, 0.29) is 23.4 Å². The number of carbonyl (C=O) groups excluding carboxylic acids is 1. The number of fused-ring (bicyclic) bond motifs is 1. The lowest BCUT2D eigenvalue weighted by molar-refractivity contribution is 0.0926. The number of hydrogen-bond acceptors (Lipinski definition) is 2. The second-order valence-electron chi connectivity index (χ2n) is 8.20. The van der Waals surface area contributed by atoms with E-state index in [0.29, 0.717) is 32.7 Å². The van der Waals surface area contributed by atoms with E-state index in [1.165, 1.54) is 0 Å². The molecule has 0 unspecified atom stereocenters. The van der Waals surface area contributed by atoms with Crippen LogP contribution >= 0.6 is 11.6 Å². The van der Waals surface area contributed by atoms with Gasteiger partial charge >= 0.3 is 0 Å². The van der Waals surface area contributed by atoms with Gasteiger partial charge < -0.3 is 5.32 Å².